The van der Waals surface area contributed by atoms with Crippen molar-refractivity contribution in [2.75, 3.05) is 5.75 Å². The van der Waals surface area contributed by atoms with E-state index >= 15 is 0 Å². The van der Waals surface area contributed by atoms with Gasteiger partial charge in [0.15, 0.2) is 5.78 Å². The lowest BCUT2D eigenvalue weighted by molar-refractivity contribution is -0.127. The van der Waals surface area contributed by atoms with Gasteiger partial charge in [-0.05, 0) is 43.3 Å². The Bertz CT molecular complexity index is 760. The van der Waals surface area contributed by atoms with Crippen molar-refractivity contribution in [3.05, 3.63) is 51.2 Å². The molecule has 1 heterocycles. The summed E-state index contributed by atoms with van der Waals surface area (Å²) in [7, 11) is 0. The Morgan fingerprint density at radius 1 is 1.00 bits per heavy atom. The fourth-order valence-electron chi connectivity index (χ4n) is 1.85. The van der Waals surface area contributed by atoms with Crippen LogP contribution in [0.15, 0.2) is 41.3 Å². The normalized spacial score (nSPS) is 10.3. The van der Waals surface area contributed by atoms with E-state index in [2.05, 4.69) is 10.9 Å². The molecule has 1 aromatic heterocycles. The highest BCUT2D eigenvalue weighted by Crippen LogP contribution is 2.20. The van der Waals surface area contributed by atoms with Gasteiger partial charge in [-0.25, -0.2) is 0 Å². The standard InChI is InChI=1S/C17H17ClN2O3S2/c1-11-2-8-15(25-11)14(21)7-9-16(22)19-20-17(23)10-24-13-5-3-12(18)4-6-13/h2-6,8H,7,9-10H2,1H3,(H,19,22)(H,20,23). The molecule has 0 aliphatic rings. The molecular weight excluding hydrogens is 380 g/mol. The molecule has 132 valence electrons. The molecule has 0 saturated carbocycles. The van der Waals surface area contributed by atoms with Crippen molar-refractivity contribution in [3.8, 4) is 0 Å². The van der Waals surface area contributed by atoms with Crippen LogP contribution in [0.3, 0.4) is 0 Å². The minimum absolute atomic E-state index is 0.0282. The maximum absolute atomic E-state index is 11.9. The Hall–Kier alpha value is -1.83. The van der Waals surface area contributed by atoms with Gasteiger partial charge in [-0.3, -0.25) is 25.2 Å². The molecule has 2 N–H and O–H groups in total. The van der Waals surface area contributed by atoms with Crippen molar-refractivity contribution in [2.45, 2.75) is 24.7 Å². The molecule has 0 unspecified atom stereocenters. The average Bonchev–Trinajstić information content (AvgIpc) is 3.04. The third-order valence-corrected chi connectivity index (χ3v) is 5.42. The number of hydrazine groups is 1. The number of hydrogen-bond donors (Lipinski definition) is 2. The highest BCUT2D eigenvalue weighted by molar-refractivity contribution is 8.00. The van der Waals surface area contributed by atoms with E-state index in [0.29, 0.717) is 9.90 Å². The van der Waals surface area contributed by atoms with Gasteiger partial charge in [-0.2, -0.15) is 0 Å². The largest absolute Gasteiger partial charge is 0.293 e. The summed E-state index contributed by atoms with van der Waals surface area (Å²) in [6.07, 6.45) is 0.140. The van der Waals surface area contributed by atoms with Crippen LogP contribution in [-0.4, -0.2) is 23.4 Å². The Kier molecular flexibility index (Phi) is 7.49. The smallest absolute Gasteiger partial charge is 0.248 e. The quantitative estimate of drug-likeness (QED) is 0.426. The molecule has 1 aromatic carbocycles. The van der Waals surface area contributed by atoms with Gasteiger partial charge < -0.3 is 0 Å². The second-order valence-electron chi connectivity index (χ2n) is 5.17. The Labute approximate surface area is 159 Å². The molecule has 2 rings (SSSR count). The lowest BCUT2D eigenvalue weighted by atomic mass is 10.2. The van der Waals surface area contributed by atoms with Crippen molar-refractivity contribution in [1.82, 2.24) is 10.9 Å². The van der Waals surface area contributed by atoms with E-state index in [1.54, 1.807) is 18.2 Å². The maximum atomic E-state index is 11.9. The molecule has 5 nitrogen and oxygen atoms in total. The molecule has 0 atom stereocenters. The number of Topliss-reactive ketones (excluding diaryl/α,β-unsaturated/α-hetero) is 1. The average molecular weight is 397 g/mol. The van der Waals surface area contributed by atoms with E-state index in [0.717, 1.165) is 9.77 Å². The van der Waals surface area contributed by atoms with Crippen LogP contribution in [0.1, 0.15) is 27.4 Å². The van der Waals surface area contributed by atoms with E-state index in [1.165, 1.54) is 23.1 Å². The summed E-state index contributed by atoms with van der Waals surface area (Å²) in [6.45, 7) is 1.92. The molecule has 0 aliphatic carbocycles. The highest BCUT2D eigenvalue weighted by Gasteiger charge is 2.11. The summed E-state index contributed by atoms with van der Waals surface area (Å²) in [5, 5.41) is 0.633. The number of halogens is 1. The van der Waals surface area contributed by atoms with Crippen molar-refractivity contribution in [2.24, 2.45) is 0 Å². The lowest BCUT2D eigenvalue weighted by Crippen LogP contribution is -2.42. The van der Waals surface area contributed by atoms with Gasteiger partial charge in [0.25, 0.3) is 0 Å². The van der Waals surface area contributed by atoms with Crippen LogP contribution in [0.5, 0.6) is 0 Å². The van der Waals surface area contributed by atoms with Gasteiger partial charge in [0.05, 0.1) is 10.6 Å². The summed E-state index contributed by atoms with van der Waals surface area (Å²) >= 11 is 8.53. The molecule has 2 amide bonds. The number of aryl methyl sites for hydroxylation is 1. The van der Waals surface area contributed by atoms with Crippen LogP contribution >= 0.6 is 34.7 Å². The van der Waals surface area contributed by atoms with Gasteiger partial charge >= 0.3 is 0 Å². The van der Waals surface area contributed by atoms with E-state index in [9.17, 15) is 14.4 Å². The molecule has 2 aromatic rings. The monoisotopic (exact) mass is 396 g/mol. The maximum Gasteiger partial charge on any atom is 0.248 e. The Morgan fingerprint density at radius 3 is 2.32 bits per heavy atom. The number of rotatable bonds is 7. The van der Waals surface area contributed by atoms with Crippen LogP contribution in [0.25, 0.3) is 0 Å². The van der Waals surface area contributed by atoms with Crippen LogP contribution in [0.4, 0.5) is 0 Å². The first-order chi connectivity index (χ1) is 11.9. The molecule has 8 heteroatoms. The fourth-order valence-corrected chi connectivity index (χ4v) is 3.51. The van der Waals surface area contributed by atoms with Crippen LogP contribution < -0.4 is 10.9 Å². The number of thioether (sulfide) groups is 1. The van der Waals surface area contributed by atoms with Crippen molar-refractivity contribution in [3.63, 3.8) is 0 Å². The molecule has 0 bridgehead atoms. The number of nitrogens with one attached hydrogen (secondary N) is 2. The highest BCUT2D eigenvalue weighted by atomic mass is 35.5. The molecular formula is C17H17ClN2O3S2. The van der Waals surface area contributed by atoms with Gasteiger partial charge in [-0.15, -0.1) is 23.1 Å². The van der Waals surface area contributed by atoms with Crippen molar-refractivity contribution < 1.29 is 14.4 Å². The molecule has 0 aliphatic heterocycles. The second-order valence-corrected chi connectivity index (χ2v) is 7.95. The van der Waals surface area contributed by atoms with E-state index in [-0.39, 0.29) is 30.3 Å². The van der Waals surface area contributed by atoms with Crippen LogP contribution in [0, 0.1) is 6.92 Å². The first-order valence-electron chi connectivity index (χ1n) is 7.50. The Morgan fingerprint density at radius 2 is 1.68 bits per heavy atom. The molecule has 0 spiro atoms. The van der Waals surface area contributed by atoms with Gasteiger partial charge in [-0.1, -0.05) is 11.6 Å². The minimum Gasteiger partial charge on any atom is -0.293 e. The first-order valence-corrected chi connectivity index (χ1v) is 9.68. The number of hydrogen-bond acceptors (Lipinski definition) is 5. The predicted molar refractivity (Wildman–Crippen MR) is 101 cm³/mol. The van der Waals surface area contributed by atoms with Crippen LogP contribution in [0.2, 0.25) is 5.02 Å². The van der Waals surface area contributed by atoms with E-state index < -0.39 is 5.91 Å². The number of carbonyl (C=O) groups excluding carboxylic acids is 3. The zero-order chi connectivity index (χ0) is 18.2. The number of carbonyl (C=O) groups is 3. The van der Waals surface area contributed by atoms with Gasteiger partial charge in [0, 0.05) is 27.6 Å². The third kappa shape index (κ3) is 6.89. The molecule has 0 radical (unpaired) electrons. The van der Waals surface area contributed by atoms with E-state index in [4.69, 9.17) is 11.6 Å². The van der Waals surface area contributed by atoms with E-state index in [1.807, 2.05) is 25.1 Å². The fraction of sp³-hybridized carbons (Fsp3) is 0.235. The minimum atomic E-state index is -0.397. The topological polar surface area (TPSA) is 75.3 Å². The molecule has 0 fully saturated rings. The SMILES string of the molecule is Cc1ccc(C(=O)CCC(=O)NNC(=O)CSc2ccc(Cl)cc2)s1. The zero-order valence-corrected chi connectivity index (χ0v) is 15.9. The molecule has 0 saturated heterocycles. The lowest BCUT2D eigenvalue weighted by Gasteiger charge is -2.07. The second kappa shape index (κ2) is 9.60. The number of ketones is 1. The summed E-state index contributed by atoms with van der Waals surface area (Å²) in [5.74, 6) is -0.632. The number of amides is 2. The third-order valence-electron chi connectivity index (χ3n) is 3.12. The predicted octanol–water partition coefficient (Wildman–Crippen LogP) is 3.61. The summed E-state index contributed by atoms with van der Waals surface area (Å²) in [5.41, 5.74) is 4.66. The summed E-state index contributed by atoms with van der Waals surface area (Å²) < 4.78 is 0. The van der Waals surface area contributed by atoms with Crippen molar-refractivity contribution >= 4 is 52.3 Å². The first kappa shape index (κ1) is 19.5. The van der Waals surface area contributed by atoms with Crippen LogP contribution in [-0.2, 0) is 9.59 Å². The number of benzene rings is 1. The summed E-state index contributed by atoms with van der Waals surface area (Å²) in [6, 6.07) is 10.8. The van der Waals surface area contributed by atoms with Gasteiger partial charge in [0.1, 0.15) is 0 Å². The Balaban J connectivity index is 1.64. The summed E-state index contributed by atoms with van der Waals surface area (Å²) in [4.78, 5) is 37.9. The van der Waals surface area contributed by atoms with Crippen molar-refractivity contribution in [1.29, 1.82) is 0 Å². The molecule has 25 heavy (non-hydrogen) atoms. The number of thiophene rings is 1. The zero-order valence-electron chi connectivity index (χ0n) is 13.5. The van der Waals surface area contributed by atoms with Gasteiger partial charge in [0.2, 0.25) is 11.8 Å².